The van der Waals surface area contributed by atoms with Gasteiger partial charge in [0, 0.05) is 24.4 Å². The van der Waals surface area contributed by atoms with Crippen molar-refractivity contribution in [2.45, 2.75) is 25.7 Å². The van der Waals surface area contributed by atoms with Crippen LogP contribution in [-0.4, -0.2) is 29.8 Å². The maximum atomic E-state index is 12.7. The fraction of sp³-hybridized carbons (Fsp3) is 0.412. The fourth-order valence-corrected chi connectivity index (χ4v) is 2.95. The van der Waals surface area contributed by atoms with E-state index in [9.17, 15) is 9.59 Å². The molecule has 1 aliphatic heterocycles. The van der Waals surface area contributed by atoms with E-state index in [1.165, 1.54) is 0 Å². The van der Waals surface area contributed by atoms with Gasteiger partial charge in [-0.15, -0.1) is 0 Å². The average molecular weight is 298 g/mol. The second-order valence-corrected chi connectivity index (χ2v) is 6.07. The Bertz CT molecular complexity index is 739. The predicted octanol–water partition coefficient (Wildman–Crippen LogP) is 3.02. The van der Waals surface area contributed by atoms with E-state index in [-0.39, 0.29) is 23.5 Å². The monoisotopic (exact) mass is 298 g/mol. The molecule has 2 aliphatic rings. The largest absolute Gasteiger partial charge is 0.449 e. The number of nitrogens with one attached hydrogen (secondary N) is 1. The molecule has 1 N–H and O–H groups in total. The van der Waals surface area contributed by atoms with Gasteiger partial charge in [-0.2, -0.15) is 0 Å². The highest BCUT2D eigenvalue weighted by atomic mass is 16.3. The van der Waals surface area contributed by atoms with Gasteiger partial charge in [0.15, 0.2) is 0 Å². The van der Waals surface area contributed by atoms with Gasteiger partial charge in [-0.25, -0.2) is 0 Å². The van der Waals surface area contributed by atoms with Crippen LogP contribution in [-0.2, 0) is 4.79 Å². The molecular weight excluding hydrogens is 280 g/mol. The Morgan fingerprint density at radius 3 is 2.59 bits per heavy atom. The van der Waals surface area contributed by atoms with Crippen molar-refractivity contribution in [1.29, 1.82) is 0 Å². The summed E-state index contributed by atoms with van der Waals surface area (Å²) in [6.07, 6.45) is 3.90. The van der Waals surface area contributed by atoms with Crippen LogP contribution in [0.15, 0.2) is 28.7 Å². The van der Waals surface area contributed by atoms with Gasteiger partial charge in [0.1, 0.15) is 11.3 Å². The maximum Gasteiger partial charge on any atom is 0.291 e. The van der Waals surface area contributed by atoms with Gasteiger partial charge in [-0.1, -0.05) is 12.1 Å². The molecule has 1 saturated carbocycles. The van der Waals surface area contributed by atoms with E-state index in [1.54, 1.807) is 4.90 Å². The van der Waals surface area contributed by atoms with Crippen LogP contribution in [0.5, 0.6) is 0 Å². The van der Waals surface area contributed by atoms with Crippen molar-refractivity contribution in [3.8, 4) is 0 Å². The van der Waals surface area contributed by atoms with Gasteiger partial charge in [-0.05, 0) is 37.8 Å². The summed E-state index contributed by atoms with van der Waals surface area (Å²) in [6, 6.07) is 7.45. The zero-order valence-electron chi connectivity index (χ0n) is 12.3. The number of fused-ring (bicyclic) bond motifs is 1. The molecule has 114 valence electrons. The Balaban J connectivity index is 1.74. The molecule has 0 radical (unpaired) electrons. The van der Waals surface area contributed by atoms with E-state index in [0.717, 1.165) is 44.2 Å². The zero-order chi connectivity index (χ0) is 15.1. The van der Waals surface area contributed by atoms with Crippen molar-refractivity contribution in [3.63, 3.8) is 0 Å². The first-order valence-electron chi connectivity index (χ1n) is 7.86. The molecule has 2 heterocycles. The highest BCUT2D eigenvalue weighted by Crippen LogP contribution is 2.35. The molecular formula is C17H18N2O3. The predicted molar refractivity (Wildman–Crippen MR) is 82.7 cm³/mol. The summed E-state index contributed by atoms with van der Waals surface area (Å²) in [6.45, 7) is 1.51. The Kier molecular flexibility index (Phi) is 3.13. The lowest BCUT2D eigenvalue weighted by Crippen LogP contribution is -2.28. The molecule has 0 atom stereocenters. The average Bonchev–Trinajstić information content (AvgIpc) is 3.12. The number of carbonyl (C=O) groups is 2. The third-order valence-corrected chi connectivity index (χ3v) is 4.38. The number of anilines is 1. The van der Waals surface area contributed by atoms with Gasteiger partial charge in [0.2, 0.25) is 11.7 Å². The SMILES string of the molecule is O=C(Nc1c(C(=O)N2CCCC2)oc2ccccc12)C1CC1. The third-order valence-electron chi connectivity index (χ3n) is 4.38. The molecule has 5 heteroatoms. The van der Waals surface area contributed by atoms with Crippen LogP contribution in [0.3, 0.4) is 0 Å². The fourth-order valence-electron chi connectivity index (χ4n) is 2.95. The molecule has 0 spiro atoms. The molecule has 0 bridgehead atoms. The quantitative estimate of drug-likeness (QED) is 0.947. The lowest BCUT2D eigenvalue weighted by Gasteiger charge is -2.14. The number of para-hydroxylation sites is 1. The highest BCUT2D eigenvalue weighted by molar-refractivity contribution is 6.11. The van der Waals surface area contributed by atoms with Gasteiger partial charge in [-0.3, -0.25) is 9.59 Å². The second kappa shape index (κ2) is 5.16. The first kappa shape index (κ1) is 13.4. The molecule has 1 aliphatic carbocycles. The van der Waals surface area contributed by atoms with Crippen LogP contribution in [0.1, 0.15) is 36.2 Å². The molecule has 4 rings (SSSR count). The summed E-state index contributed by atoms with van der Waals surface area (Å²) in [7, 11) is 0. The molecule has 5 nitrogen and oxygen atoms in total. The minimum atomic E-state index is -0.125. The highest BCUT2D eigenvalue weighted by Gasteiger charge is 2.33. The molecule has 2 aromatic rings. The number of amides is 2. The number of carbonyl (C=O) groups excluding carboxylic acids is 2. The van der Waals surface area contributed by atoms with E-state index >= 15 is 0 Å². The zero-order valence-corrected chi connectivity index (χ0v) is 12.3. The van der Waals surface area contributed by atoms with Gasteiger partial charge < -0.3 is 14.6 Å². The lowest BCUT2D eigenvalue weighted by molar-refractivity contribution is -0.117. The number of benzene rings is 1. The number of likely N-dealkylation sites (tertiary alicyclic amines) is 1. The summed E-state index contributed by atoms with van der Waals surface area (Å²) in [4.78, 5) is 26.6. The number of hydrogen-bond acceptors (Lipinski definition) is 3. The summed E-state index contributed by atoms with van der Waals surface area (Å²) in [5, 5.41) is 3.71. The lowest BCUT2D eigenvalue weighted by atomic mass is 10.2. The summed E-state index contributed by atoms with van der Waals surface area (Å²) < 4.78 is 5.77. The van der Waals surface area contributed by atoms with Crippen LogP contribution < -0.4 is 5.32 Å². The van der Waals surface area contributed by atoms with Crippen molar-refractivity contribution in [2.75, 3.05) is 18.4 Å². The van der Waals surface area contributed by atoms with Crippen molar-refractivity contribution in [1.82, 2.24) is 4.90 Å². The van der Waals surface area contributed by atoms with E-state index in [0.29, 0.717) is 11.3 Å². The van der Waals surface area contributed by atoms with Crippen molar-refractivity contribution in [3.05, 3.63) is 30.0 Å². The second-order valence-electron chi connectivity index (χ2n) is 6.07. The van der Waals surface area contributed by atoms with Gasteiger partial charge in [0.05, 0.1) is 0 Å². The van der Waals surface area contributed by atoms with E-state index in [2.05, 4.69) is 5.32 Å². The molecule has 2 amide bonds. The Hall–Kier alpha value is -2.30. The van der Waals surface area contributed by atoms with Gasteiger partial charge >= 0.3 is 0 Å². The molecule has 2 fully saturated rings. The number of nitrogens with zero attached hydrogens (tertiary/aromatic N) is 1. The van der Waals surface area contributed by atoms with Crippen LogP contribution in [0.25, 0.3) is 11.0 Å². The van der Waals surface area contributed by atoms with E-state index < -0.39 is 0 Å². The first-order valence-corrected chi connectivity index (χ1v) is 7.86. The normalized spacial score (nSPS) is 17.9. The summed E-state index contributed by atoms with van der Waals surface area (Å²) in [5.41, 5.74) is 1.17. The molecule has 1 aromatic heterocycles. The van der Waals surface area contributed by atoms with E-state index in [1.807, 2.05) is 24.3 Å². The van der Waals surface area contributed by atoms with E-state index in [4.69, 9.17) is 4.42 Å². The molecule has 1 saturated heterocycles. The number of rotatable bonds is 3. The van der Waals surface area contributed by atoms with Crippen LogP contribution in [0.4, 0.5) is 5.69 Å². The van der Waals surface area contributed by atoms with Crippen molar-refractivity contribution in [2.24, 2.45) is 5.92 Å². The number of furan rings is 1. The molecule has 1 aromatic carbocycles. The molecule has 22 heavy (non-hydrogen) atoms. The number of hydrogen-bond donors (Lipinski definition) is 1. The smallest absolute Gasteiger partial charge is 0.291 e. The molecule has 0 unspecified atom stereocenters. The maximum absolute atomic E-state index is 12.7. The first-order chi connectivity index (χ1) is 10.7. The Morgan fingerprint density at radius 1 is 1.14 bits per heavy atom. The van der Waals surface area contributed by atoms with Crippen LogP contribution >= 0.6 is 0 Å². The standard InChI is InChI=1S/C17H18N2O3/c20-16(11-7-8-11)18-14-12-5-1-2-6-13(12)22-15(14)17(21)19-9-3-4-10-19/h1-2,5-6,11H,3-4,7-10H2,(H,18,20). The Morgan fingerprint density at radius 2 is 1.86 bits per heavy atom. The minimum absolute atomic E-state index is 0.0120. The van der Waals surface area contributed by atoms with Crippen LogP contribution in [0, 0.1) is 5.92 Å². The van der Waals surface area contributed by atoms with Crippen molar-refractivity contribution < 1.29 is 14.0 Å². The Labute approximate surface area is 128 Å². The van der Waals surface area contributed by atoms with Crippen LogP contribution in [0.2, 0.25) is 0 Å². The summed E-state index contributed by atoms with van der Waals surface area (Å²) >= 11 is 0. The van der Waals surface area contributed by atoms with Crippen molar-refractivity contribution >= 4 is 28.5 Å². The minimum Gasteiger partial charge on any atom is -0.449 e. The third kappa shape index (κ3) is 2.26. The topological polar surface area (TPSA) is 62.6 Å². The summed E-state index contributed by atoms with van der Waals surface area (Å²) in [5.74, 6) is 0.210. The van der Waals surface area contributed by atoms with Gasteiger partial charge in [0.25, 0.3) is 5.91 Å².